The van der Waals surface area contributed by atoms with Gasteiger partial charge >= 0.3 is 5.97 Å². The molecule has 132 valence electrons. The third-order valence-electron chi connectivity index (χ3n) is 3.76. The quantitative estimate of drug-likeness (QED) is 0.734. The minimum Gasteiger partial charge on any atom is -0.478 e. The number of carboxylic acids is 1. The summed E-state index contributed by atoms with van der Waals surface area (Å²) in [5.74, 6) is -0.462. The molecule has 0 aliphatic rings. The van der Waals surface area contributed by atoms with Crippen molar-refractivity contribution in [1.82, 2.24) is 5.32 Å². The van der Waals surface area contributed by atoms with Crippen molar-refractivity contribution >= 4 is 23.3 Å². The van der Waals surface area contributed by atoms with Gasteiger partial charge < -0.3 is 15.2 Å². The number of rotatable bonds is 8. The van der Waals surface area contributed by atoms with Crippen LogP contribution in [0.1, 0.15) is 25.0 Å². The van der Waals surface area contributed by atoms with Crippen molar-refractivity contribution in [2.45, 2.75) is 25.9 Å². The molecule has 0 saturated heterocycles. The highest BCUT2D eigenvalue weighted by Gasteiger charge is 2.29. The van der Waals surface area contributed by atoms with Crippen molar-refractivity contribution < 1.29 is 14.6 Å². The molecule has 2 rings (SSSR count). The summed E-state index contributed by atoms with van der Waals surface area (Å²) in [5, 5.41) is 13.1. The molecule has 2 N–H and O–H groups in total. The monoisotopic (exact) mass is 359 g/mol. The summed E-state index contributed by atoms with van der Waals surface area (Å²) >= 11 is 5.88. The van der Waals surface area contributed by atoms with Gasteiger partial charge in [0.2, 0.25) is 0 Å². The van der Waals surface area contributed by atoms with Gasteiger partial charge in [0.1, 0.15) is 5.75 Å². The number of carboxylic acid groups (broad SMARTS) is 1. The molecule has 0 aromatic heterocycles. The number of aliphatic carboxylic acids is 1. The fourth-order valence-electron chi connectivity index (χ4n) is 2.17. The zero-order chi connectivity index (χ0) is 18.4. The smallest absolute Gasteiger partial charge is 0.347 e. The molecule has 2 aromatic rings. The first-order valence-electron chi connectivity index (χ1n) is 7.98. The van der Waals surface area contributed by atoms with Crippen LogP contribution in [0.5, 0.6) is 5.75 Å². The van der Waals surface area contributed by atoms with Crippen LogP contribution in [0.25, 0.3) is 5.70 Å². The second-order valence-corrected chi connectivity index (χ2v) is 6.66. The standard InChI is InChI=1S/C20H22ClNO3/c1-14(16-6-8-17(21)9-7-16)22-13-12-15-4-10-18(11-5-15)25-20(2,3)19(23)24/h4-11,22H,1,12-13H2,2-3H3,(H,23,24). The third-order valence-corrected chi connectivity index (χ3v) is 4.01. The number of benzene rings is 2. The largest absolute Gasteiger partial charge is 0.478 e. The minimum absolute atomic E-state index is 0.537. The van der Waals surface area contributed by atoms with Crippen LogP contribution < -0.4 is 10.1 Å². The van der Waals surface area contributed by atoms with E-state index in [-0.39, 0.29) is 0 Å². The molecule has 0 heterocycles. The summed E-state index contributed by atoms with van der Waals surface area (Å²) < 4.78 is 5.49. The molecule has 2 aromatic carbocycles. The Hall–Kier alpha value is -2.46. The van der Waals surface area contributed by atoms with Crippen molar-refractivity contribution in [3.05, 3.63) is 71.3 Å². The molecule has 0 aliphatic heterocycles. The van der Waals surface area contributed by atoms with E-state index in [1.165, 1.54) is 13.8 Å². The molecule has 0 bridgehead atoms. The van der Waals surface area contributed by atoms with Crippen molar-refractivity contribution in [2.75, 3.05) is 6.54 Å². The predicted molar refractivity (Wildman–Crippen MR) is 101 cm³/mol. The highest BCUT2D eigenvalue weighted by molar-refractivity contribution is 6.30. The molecule has 0 atom stereocenters. The summed E-state index contributed by atoms with van der Waals surface area (Å²) in [5.41, 5.74) is 1.72. The molecule has 0 spiro atoms. The maximum atomic E-state index is 11.1. The van der Waals surface area contributed by atoms with Gasteiger partial charge in [0, 0.05) is 17.3 Å². The molecule has 25 heavy (non-hydrogen) atoms. The zero-order valence-corrected chi connectivity index (χ0v) is 15.1. The first-order chi connectivity index (χ1) is 11.8. The van der Waals surface area contributed by atoms with Gasteiger partial charge in [0.15, 0.2) is 5.60 Å². The number of hydrogen-bond acceptors (Lipinski definition) is 3. The van der Waals surface area contributed by atoms with Crippen LogP contribution >= 0.6 is 11.6 Å². The van der Waals surface area contributed by atoms with Crippen LogP contribution in [0.15, 0.2) is 55.1 Å². The van der Waals surface area contributed by atoms with Gasteiger partial charge in [-0.15, -0.1) is 0 Å². The number of halogens is 1. The van der Waals surface area contributed by atoms with Crippen molar-refractivity contribution in [2.24, 2.45) is 0 Å². The van der Waals surface area contributed by atoms with Crippen LogP contribution in [-0.4, -0.2) is 23.2 Å². The fourth-order valence-corrected chi connectivity index (χ4v) is 2.30. The van der Waals surface area contributed by atoms with Gasteiger partial charge in [0.05, 0.1) is 0 Å². The molecule has 0 unspecified atom stereocenters. The average Bonchev–Trinajstić information content (AvgIpc) is 2.56. The lowest BCUT2D eigenvalue weighted by molar-refractivity contribution is -0.152. The first-order valence-corrected chi connectivity index (χ1v) is 8.36. The van der Waals surface area contributed by atoms with Gasteiger partial charge in [-0.25, -0.2) is 4.79 Å². The normalized spacial score (nSPS) is 11.0. The van der Waals surface area contributed by atoms with Gasteiger partial charge in [-0.05, 0) is 55.7 Å². The van der Waals surface area contributed by atoms with E-state index in [9.17, 15) is 4.79 Å². The molecular formula is C20H22ClNO3. The van der Waals surface area contributed by atoms with E-state index in [2.05, 4.69) is 11.9 Å². The Labute approximate surface area is 153 Å². The third kappa shape index (κ3) is 5.54. The summed E-state index contributed by atoms with van der Waals surface area (Å²) in [4.78, 5) is 11.1. The van der Waals surface area contributed by atoms with Crippen LogP contribution in [0.3, 0.4) is 0 Å². The topological polar surface area (TPSA) is 58.6 Å². The maximum Gasteiger partial charge on any atom is 0.347 e. The second kappa shape index (κ2) is 8.08. The first kappa shape index (κ1) is 18.9. The summed E-state index contributed by atoms with van der Waals surface area (Å²) in [6.45, 7) is 7.81. The van der Waals surface area contributed by atoms with Crippen LogP contribution in [0.4, 0.5) is 0 Å². The van der Waals surface area contributed by atoms with Crippen molar-refractivity contribution in [1.29, 1.82) is 0 Å². The van der Waals surface area contributed by atoms with Crippen molar-refractivity contribution in [3.63, 3.8) is 0 Å². The van der Waals surface area contributed by atoms with E-state index < -0.39 is 11.6 Å². The van der Waals surface area contributed by atoms with E-state index in [1.807, 2.05) is 36.4 Å². The second-order valence-electron chi connectivity index (χ2n) is 6.22. The SMILES string of the molecule is C=C(NCCc1ccc(OC(C)(C)C(=O)O)cc1)c1ccc(Cl)cc1. The minimum atomic E-state index is -1.25. The highest BCUT2D eigenvalue weighted by Crippen LogP contribution is 2.19. The summed E-state index contributed by atoms with van der Waals surface area (Å²) in [7, 11) is 0. The molecule has 5 heteroatoms. The van der Waals surface area contributed by atoms with E-state index in [0.717, 1.165) is 29.8 Å². The Balaban J connectivity index is 1.84. The molecular weight excluding hydrogens is 338 g/mol. The predicted octanol–water partition coefficient (Wildman–Crippen LogP) is 4.39. The van der Waals surface area contributed by atoms with Crippen LogP contribution in [-0.2, 0) is 11.2 Å². The van der Waals surface area contributed by atoms with E-state index in [1.54, 1.807) is 12.1 Å². The van der Waals surface area contributed by atoms with E-state index in [4.69, 9.17) is 21.4 Å². The number of carbonyl (C=O) groups is 1. The van der Waals surface area contributed by atoms with E-state index >= 15 is 0 Å². The van der Waals surface area contributed by atoms with E-state index in [0.29, 0.717) is 10.8 Å². The molecule has 4 nitrogen and oxygen atoms in total. The number of ether oxygens (including phenoxy) is 1. The molecule has 0 fully saturated rings. The Morgan fingerprint density at radius 2 is 1.76 bits per heavy atom. The van der Waals surface area contributed by atoms with Gasteiger partial charge in [-0.2, -0.15) is 0 Å². The Bertz CT molecular complexity index is 737. The molecule has 0 aliphatic carbocycles. The van der Waals surface area contributed by atoms with Gasteiger partial charge in [-0.1, -0.05) is 42.4 Å². The zero-order valence-electron chi connectivity index (χ0n) is 14.4. The Morgan fingerprint density at radius 3 is 2.32 bits per heavy atom. The van der Waals surface area contributed by atoms with Crippen LogP contribution in [0.2, 0.25) is 5.02 Å². The van der Waals surface area contributed by atoms with Gasteiger partial charge in [-0.3, -0.25) is 0 Å². The summed E-state index contributed by atoms with van der Waals surface area (Å²) in [6, 6.07) is 15.0. The molecule has 0 saturated carbocycles. The number of hydrogen-bond donors (Lipinski definition) is 2. The molecule has 0 amide bonds. The molecule has 0 radical (unpaired) electrons. The summed E-state index contributed by atoms with van der Waals surface area (Å²) in [6.07, 6.45) is 0.815. The Morgan fingerprint density at radius 1 is 1.16 bits per heavy atom. The average molecular weight is 360 g/mol. The number of nitrogens with one attached hydrogen (secondary N) is 1. The maximum absolute atomic E-state index is 11.1. The lowest BCUT2D eigenvalue weighted by Crippen LogP contribution is -2.37. The highest BCUT2D eigenvalue weighted by atomic mass is 35.5. The van der Waals surface area contributed by atoms with Crippen molar-refractivity contribution in [3.8, 4) is 5.75 Å². The lowest BCUT2D eigenvalue weighted by atomic mass is 10.1. The van der Waals surface area contributed by atoms with Gasteiger partial charge in [0.25, 0.3) is 0 Å². The fraction of sp³-hybridized carbons (Fsp3) is 0.250. The lowest BCUT2D eigenvalue weighted by Gasteiger charge is -2.21. The Kier molecular flexibility index (Phi) is 6.10. The van der Waals surface area contributed by atoms with Crippen LogP contribution in [0, 0.1) is 0 Å².